The molecule has 0 radical (unpaired) electrons. The average molecular weight is 472 g/mol. The number of para-hydroxylation sites is 2. The zero-order valence-electron chi connectivity index (χ0n) is 19.4. The Morgan fingerprint density at radius 1 is 0.829 bits per heavy atom. The van der Waals surface area contributed by atoms with Gasteiger partial charge in [-0.25, -0.2) is 0 Å². The topological polar surface area (TPSA) is 103 Å². The minimum Gasteiger partial charge on any atom is -0.488 e. The van der Waals surface area contributed by atoms with Gasteiger partial charge in [0.2, 0.25) is 0 Å². The Labute approximate surface area is 202 Å². The van der Waals surface area contributed by atoms with Gasteiger partial charge in [-0.2, -0.15) is 0 Å². The van der Waals surface area contributed by atoms with Crippen LogP contribution in [0.5, 0.6) is 11.5 Å². The largest absolute Gasteiger partial charge is 0.488 e. The van der Waals surface area contributed by atoms with E-state index in [2.05, 4.69) is 16.0 Å². The van der Waals surface area contributed by atoms with Gasteiger partial charge >= 0.3 is 0 Å². The van der Waals surface area contributed by atoms with Crippen LogP contribution >= 0.6 is 0 Å². The summed E-state index contributed by atoms with van der Waals surface area (Å²) in [5.74, 6) is 0.573. The van der Waals surface area contributed by atoms with Crippen molar-refractivity contribution in [2.45, 2.75) is 20.5 Å². The standard InChI is InChI=1S/C27H25N3O5/c1-18-23(19(2)35-30-18)16-33-25-15-9-7-13-22(25)27(32)29-28-26(31)17-34-24-14-8-6-12-21(24)20-10-4-3-5-11-20/h3-15H,16-17H2,1-2H3,(H,28,31)(H,29,32). The highest BCUT2D eigenvalue weighted by atomic mass is 16.5. The van der Waals surface area contributed by atoms with Crippen molar-refractivity contribution in [3.05, 3.63) is 101 Å². The molecule has 4 rings (SSSR count). The van der Waals surface area contributed by atoms with E-state index in [9.17, 15) is 9.59 Å². The van der Waals surface area contributed by atoms with Gasteiger partial charge in [0.15, 0.2) is 6.61 Å². The number of hydrazine groups is 1. The molecule has 8 heteroatoms. The Morgan fingerprint density at radius 2 is 1.51 bits per heavy atom. The number of aryl methyl sites for hydroxylation is 2. The molecule has 0 saturated heterocycles. The maximum Gasteiger partial charge on any atom is 0.276 e. The van der Waals surface area contributed by atoms with E-state index in [1.165, 1.54) is 0 Å². The van der Waals surface area contributed by atoms with Gasteiger partial charge in [0, 0.05) is 5.56 Å². The van der Waals surface area contributed by atoms with Gasteiger partial charge in [-0.05, 0) is 37.6 Å². The van der Waals surface area contributed by atoms with Crippen LogP contribution < -0.4 is 20.3 Å². The van der Waals surface area contributed by atoms with Crippen LogP contribution in [0.2, 0.25) is 0 Å². The number of nitrogens with one attached hydrogen (secondary N) is 2. The highest BCUT2D eigenvalue weighted by Gasteiger charge is 2.16. The van der Waals surface area contributed by atoms with Gasteiger partial charge in [-0.3, -0.25) is 20.4 Å². The second kappa shape index (κ2) is 11.0. The van der Waals surface area contributed by atoms with Gasteiger partial charge in [0.25, 0.3) is 11.8 Å². The quantitative estimate of drug-likeness (QED) is 0.370. The number of rotatable bonds is 8. The third-order valence-electron chi connectivity index (χ3n) is 5.33. The summed E-state index contributed by atoms with van der Waals surface area (Å²) in [6, 6.07) is 23.9. The number of hydrogen-bond donors (Lipinski definition) is 2. The first kappa shape index (κ1) is 23.6. The maximum absolute atomic E-state index is 12.7. The first-order valence-electron chi connectivity index (χ1n) is 11.0. The molecule has 4 aromatic rings. The van der Waals surface area contributed by atoms with Crippen molar-refractivity contribution in [2.75, 3.05) is 6.61 Å². The lowest BCUT2D eigenvalue weighted by Crippen LogP contribution is -2.44. The summed E-state index contributed by atoms with van der Waals surface area (Å²) >= 11 is 0. The van der Waals surface area contributed by atoms with E-state index in [0.29, 0.717) is 17.3 Å². The highest BCUT2D eigenvalue weighted by Crippen LogP contribution is 2.29. The molecule has 0 atom stereocenters. The third-order valence-corrected chi connectivity index (χ3v) is 5.33. The van der Waals surface area contributed by atoms with Crippen LogP contribution in [-0.4, -0.2) is 23.6 Å². The summed E-state index contributed by atoms with van der Waals surface area (Å²) in [5, 5.41) is 3.90. The van der Waals surface area contributed by atoms with Crippen molar-refractivity contribution in [3.8, 4) is 22.6 Å². The number of aromatic nitrogens is 1. The van der Waals surface area contributed by atoms with Crippen molar-refractivity contribution in [2.24, 2.45) is 0 Å². The summed E-state index contributed by atoms with van der Waals surface area (Å²) in [4.78, 5) is 25.0. The van der Waals surface area contributed by atoms with Crippen LogP contribution in [0.3, 0.4) is 0 Å². The first-order chi connectivity index (χ1) is 17.0. The summed E-state index contributed by atoms with van der Waals surface area (Å²) in [6.07, 6.45) is 0. The molecule has 0 saturated carbocycles. The smallest absolute Gasteiger partial charge is 0.276 e. The molecule has 1 heterocycles. The van der Waals surface area contributed by atoms with Crippen molar-refractivity contribution >= 4 is 11.8 Å². The number of carbonyl (C=O) groups excluding carboxylic acids is 2. The van der Waals surface area contributed by atoms with E-state index in [0.717, 1.165) is 22.4 Å². The second-order valence-corrected chi connectivity index (χ2v) is 7.74. The number of benzene rings is 3. The Bertz CT molecular complexity index is 1300. The number of ether oxygens (including phenoxy) is 2. The third kappa shape index (κ3) is 5.86. The first-order valence-corrected chi connectivity index (χ1v) is 11.0. The molecule has 0 bridgehead atoms. The van der Waals surface area contributed by atoms with E-state index in [1.807, 2.05) is 55.5 Å². The monoisotopic (exact) mass is 471 g/mol. The number of amides is 2. The van der Waals surface area contributed by atoms with Crippen LogP contribution in [0.25, 0.3) is 11.1 Å². The van der Waals surface area contributed by atoms with Crippen LogP contribution in [0, 0.1) is 13.8 Å². The lowest BCUT2D eigenvalue weighted by atomic mass is 10.1. The average Bonchev–Trinajstić information content (AvgIpc) is 3.22. The van der Waals surface area contributed by atoms with Crippen LogP contribution in [0.15, 0.2) is 83.4 Å². The molecule has 1 aromatic heterocycles. The fourth-order valence-electron chi connectivity index (χ4n) is 3.46. The zero-order valence-corrected chi connectivity index (χ0v) is 19.4. The fourth-order valence-corrected chi connectivity index (χ4v) is 3.46. The van der Waals surface area contributed by atoms with Crippen molar-refractivity contribution < 1.29 is 23.6 Å². The lowest BCUT2D eigenvalue weighted by molar-refractivity contribution is -0.123. The molecule has 3 aromatic carbocycles. The molecule has 8 nitrogen and oxygen atoms in total. The molecular formula is C27H25N3O5. The van der Waals surface area contributed by atoms with Crippen LogP contribution in [-0.2, 0) is 11.4 Å². The van der Waals surface area contributed by atoms with Gasteiger partial charge in [-0.15, -0.1) is 0 Å². The Morgan fingerprint density at radius 3 is 2.26 bits per heavy atom. The lowest BCUT2D eigenvalue weighted by Gasteiger charge is -2.13. The van der Waals surface area contributed by atoms with Gasteiger partial charge in [0.05, 0.1) is 16.8 Å². The molecule has 0 aliphatic rings. The highest BCUT2D eigenvalue weighted by molar-refractivity contribution is 5.97. The minimum atomic E-state index is -0.516. The Kier molecular flexibility index (Phi) is 7.42. The molecule has 0 aliphatic heterocycles. The molecule has 35 heavy (non-hydrogen) atoms. The molecule has 0 spiro atoms. The normalized spacial score (nSPS) is 10.5. The van der Waals surface area contributed by atoms with Gasteiger partial charge < -0.3 is 14.0 Å². The molecule has 0 aliphatic carbocycles. The number of nitrogens with zero attached hydrogens (tertiary/aromatic N) is 1. The molecule has 178 valence electrons. The Balaban J connectivity index is 1.33. The molecule has 2 N–H and O–H groups in total. The summed E-state index contributed by atoms with van der Waals surface area (Å²) in [7, 11) is 0. The number of hydrogen-bond acceptors (Lipinski definition) is 6. The molecule has 0 fully saturated rings. The predicted molar refractivity (Wildman–Crippen MR) is 130 cm³/mol. The van der Waals surface area contributed by atoms with E-state index < -0.39 is 11.8 Å². The summed E-state index contributed by atoms with van der Waals surface area (Å²) in [5.41, 5.74) is 8.46. The second-order valence-electron chi connectivity index (χ2n) is 7.74. The maximum atomic E-state index is 12.7. The summed E-state index contributed by atoms with van der Waals surface area (Å²) < 4.78 is 16.7. The molecule has 0 unspecified atom stereocenters. The minimum absolute atomic E-state index is 0.201. The summed E-state index contributed by atoms with van der Waals surface area (Å²) in [6.45, 7) is 3.55. The molecular weight excluding hydrogens is 446 g/mol. The van der Waals surface area contributed by atoms with Gasteiger partial charge in [-0.1, -0.05) is 65.8 Å². The number of carbonyl (C=O) groups is 2. The van der Waals surface area contributed by atoms with E-state index in [-0.39, 0.29) is 18.8 Å². The van der Waals surface area contributed by atoms with Crippen LogP contribution in [0.1, 0.15) is 27.4 Å². The van der Waals surface area contributed by atoms with E-state index in [1.54, 1.807) is 37.3 Å². The SMILES string of the molecule is Cc1noc(C)c1COc1ccccc1C(=O)NNC(=O)COc1ccccc1-c1ccccc1. The zero-order chi connectivity index (χ0) is 24.6. The van der Waals surface area contributed by atoms with E-state index >= 15 is 0 Å². The van der Waals surface area contributed by atoms with Crippen molar-refractivity contribution in [1.82, 2.24) is 16.0 Å². The molecule has 2 amide bonds. The van der Waals surface area contributed by atoms with Gasteiger partial charge in [0.1, 0.15) is 23.9 Å². The van der Waals surface area contributed by atoms with Crippen LogP contribution in [0.4, 0.5) is 0 Å². The fraction of sp³-hybridized carbons (Fsp3) is 0.148. The van der Waals surface area contributed by atoms with Crippen molar-refractivity contribution in [3.63, 3.8) is 0 Å². The van der Waals surface area contributed by atoms with E-state index in [4.69, 9.17) is 14.0 Å². The Hall–Kier alpha value is -4.59. The van der Waals surface area contributed by atoms with Crippen molar-refractivity contribution in [1.29, 1.82) is 0 Å². The predicted octanol–water partition coefficient (Wildman–Crippen LogP) is 4.38.